The van der Waals surface area contributed by atoms with Crippen molar-refractivity contribution < 1.29 is 20.4 Å². The zero-order valence-electron chi connectivity index (χ0n) is 19.2. The molecule has 4 N–H and O–H groups in total. The first kappa shape index (κ1) is 21.1. The number of phenols is 4. The van der Waals surface area contributed by atoms with Crippen molar-refractivity contribution in [1.29, 1.82) is 0 Å². The Morgan fingerprint density at radius 1 is 0.595 bits per heavy atom. The minimum atomic E-state index is -0.901. The van der Waals surface area contributed by atoms with E-state index in [-0.39, 0.29) is 11.2 Å². The third-order valence-electron chi connectivity index (χ3n) is 6.76. The van der Waals surface area contributed by atoms with Crippen molar-refractivity contribution in [2.45, 2.75) is 0 Å². The quantitative estimate of drug-likeness (QED) is 0.165. The Morgan fingerprint density at radius 2 is 1.27 bits per heavy atom. The van der Waals surface area contributed by atoms with Crippen molar-refractivity contribution in [2.75, 3.05) is 0 Å². The number of hydrogen-bond donors (Lipinski definition) is 4. The molecule has 4 aromatic heterocycles. The monoisotopic (exact) mass is 484 g/mol. The number of nitrogens with zero attached hydrogens (tertiary/aromatic N) is 4. The van der Waals surface area contributed by atoms with Crippen LogP contribution in [0.5, 0.6) is 23.0 Å². The zero-order chi connectivity index (χ0) is 25.4. The van der Waals surface area contributed by atoms with Crippen LogP contribution in [0.3, 0.4) is 0 Å². The van der Waals surface area contributed by atoms with E-state index in [2.05, 4.69) is 9.55 Å². The van der Waals surface area contributed by atoms with Crippen LogP contribution >= 0.6 is 0 Å². The van der Waals surface area contributed by atoms with Gasteiger partial charge in [0.15, 0.2) is 11.5 Å². The van der Waals surface area contributed by atoms with Crippen molar-refractivity contribution in [3.63, 3.8) is 0 Å². The lowest BCUT2D eigenvalue weighted by atomic mass is 9.91. The van der Waals surface area contributed by atoms with Gasteiger partial charge in [-0.25, -0.2) is 4.98 Å². The molecule has 2 radical (unpaired) electrons. The van der Waals surface area contributed by atoms with E-state index in [0.717, 1.165) is 27.6 Å². The van der Waals surface area contributed by atoms with Gasteiger partial charge in [-0.1, -0.05) is 36.4 Å². The lowest BCUT2D eigenvalue weighted by Crippen LogP contribution is -2.14. The number of fused-ring (bicyclic) bond motifs is 6. The Hall–Kier alpha value is -5.18. The number of pyridine rings is 2. The molecule has 0 fully saturated rings. The minimum Gasteiger partial charge on any atom is -0.505 e. The fourth-order valence-electron chi connectivity index (χ4n) is 5.12. The second-order valence-corrected chi connectivity index (χ2v) is 8.78. The van der Waals surface area contributed by atoms with Gasteiger partial charge in [0.25, 0.3) is 0 Å². The maximum Gasteiger partial charge on any atom is 0.206 e. The standard InChI is InChI=1S/C28H17BN4O4/c29-20-24(26(35)28(37)27(36)25(20)34)33-17-11-6-12-30-22(17)23-19(33)13-18-21(31-23)15-9-4-5-10-16(15)32(18)14-7-2-1-3-8-14/h1-13,34-37H. The van der Waals surface area contributed by atoms with Gasteiger partial charge in [-0.05, 0) is 41.9 Å². The summed E-state index contributed by atoms with van der Waals surface area (Å²) in [6.07, 6.45) is 1.64. The first-order chi connectivity index (χ1) is 18.0. The van der Waals surface area contributed by atoms with E-state index in [4.69, 9.17) is 12.8 Å². The van der Waals surface area contributed by atoms with Crippen LogP contribution in [0.25, 0.3) is 55.4 Å². The predicted molar refractivity (Wildman–Crippen MR) is 143 cm³/mol. The first-order valence-electron chi connectivity index (χ1n) is 11.5. The number of para-hydroxylation sites is 2. The molecule has 3 aromatic carbocycles. The average molecular weight is 484 g/mol. The van der Waals surface area contributed by atoms with E-state index < -0.39 is 23.0 Å². The topological polar surface area (TPSA) is 117 Å². The Balaban J connectivity index is 1.72. The summed E-state index contributed by atoms with van der Waals surface area (Å²) in [7, 11) is 6.17. The summed E-state index contributed by atoms with van der Waals surface area (Å²) in [5.74, 6) is -3.20. The van der Waals surface area contributed by atoms with Crippen LogP contribution in [-0.4, -0.2) is 47.4 Å². The predicted octanol–water partition coefficient (Wildman–Crippen LogP) is 4.29. The molecular weight excluding hydrogens is 467 g/mol. The number of benzene rings is 3. The Bertz CT molecular complexity index is 2020. The van der Waals surface area contributed by atoms with E-state index >= 15 is 0 Å². The molecule has 176 valence electrons. The van der Waals surface area contributed by atoms with Gasteiger partial charge in [-0.2, -0.15) is 0 Å². The van der Waals surface area contributed by atoms with E-state index in [0.29, 0.717) is 22.1 Å². The van der Waals surface area contributed by atoms with Gasteiger partial charge in [0.2, 0.25) is 11.5 Å². The number of aromatic hydroxyl groups is 4. The van der Waals surface area contributed by atoms with E-state index in [1.165, 1.54) is 0 Å². The SMILES string of the molecule is [B]c1c(O)c(O)c(O)c(O)c1-n1c2cccnc2c2nc3c4ccccc4n(-c4ccccc4)c3cc21. The molecule has 0 saturated carbocycles. The van der Waals surface area contributed by atoms with Gasteiger partial charge >= 0.3 is 0 Å². The summed E-state index contributed by atoms with van der Waals surface area (Å²) < 4.78 is 3.68. The molecule has 0 amide bonds. The maximum absolute atomic E-state index is 10.9. The molecular formula is C28H17BN4O4. The summed E-state index contributed by atoms with van der Waals surface area (Å²) in [4.78, 5) is 9.59. The Kier molecular flexibility index (Phi) is 4.23. The summed E-state index contributed by atoms with van der Waals surface area (Å²) in [5.41, 5.74) is 5.25. The molecule has 0 saturated heterocycles. The molecule has 0 aliphatic carbocycles. The number of hydrogen-bond acceptors (Lipinski definition) is 6. The Morgan fingerprint density at radius 3 is 2.08 bits per heavy atom. The summed E-state index contributed by atoms with van der Waals surface area (Å²) in [6, 6.07) is 23.3. The second-order valence-electron chi connectivity index (χ2n) is 8.78. The van der Waals surface area contributed by atoms with E-state index in [9.17, 15) is 20.4 Å². The maximum atomic E-state index is 10.9. The van der Waals surface area contributed by atoms with Gasteiger partial charge in [0.05, 0.1) is 33.3 Å². The highest BCUT2D eigenvalue weighted by Crippen LogP contribution is 2.46. The molecule has 8 nitrogen and oxygen atoms in total. The molecule has 37 heavy (non-hydrogen) atoms. The largest absolute Gasteiger partial charge is 0.505 e. The fraction of sp³-hybridized carbons (Fsp3) is 0. The molecule has 4 heterocycles. The molecule has 9 heteroatoms. The lowest BCUT2D eigenvalue weighted by Gasteiger charge is -2.17. The van der Waals surface area contributed by atoms with Crippen LogP contribution in [0.2, 0.25) is 0 Å². The normalized spacial score (nSPS) is 11.8. The average Bonchev–Trinajstić information content (AvgIpc) is 3.43. The summed E-state index contributed by atoms with van der Waals surface area (Å²) >= 11 is 0. The molecule has 0 atom stereocenters. The molecule has 0 unspecified atom stereocenters. The lowest BCUT2D eigenvalue weighted by molar-refractivity contribution is 0.347. The highest BCUT2D eigenvalue weighted by molar-refractivity contribution is 6.38. The molecule has 7 aromatic rings. The van der Waals surface area contributed by atoms with E-state index in [1.807, 2.05) is 60.7 Å². The van der Waals surface area contributed by atoms with Crippen LogP contribution in [-0.2, 0) is 0 Å². The van der Waals surface area contributed by atoms with Gasteiger partial charge in [-0.15, -0.1) is 0 Å². The van der Waals surface area contributed by atoms with Gasteiger partial charge in [0.1, 0.15) is 18.9 Å². The first-order valence-corrected chi connectivity index (χ1v) is 11.5. The van der Waals surface area contributed by atoms with Crippen molar-refractivity contribution in [3.05, 3.63) is 79.0 Å². The molecule has 0 aliphatic rings. The number of aromatic nitrogens is 4. The highest BCUT2D eigenvalue weighted by atomic mass is 16.3. The van der Waals surface area contributed by atoms with Crippen molar-refractivity contribution in [1.82, 2.24) is 19.1 Å². The van der Waals surface area contributed by atoms with Crippen molar-refractivity contribution >= 4 is 57.3 Å². The smallest absolute Gasteiger partial charge is 0.206 e. The second kappa shape index (κ2) is 7.41. The van der Waals surface area contributed by atoms with Gasteiger partial charge in [-0.3, -0.25) is 4.98 Å². The zero-order valence-corrected chi connectivity index (χ0v) is 19.2. The Labute approximate surface area is 210 Å². The number of rotatable bonds is 2. The van der Waals surface area contributed by atoms with Gasteiger partial charge < -0.3 is 29.6 Å². The minimum absolute atomic E-state index is 0.0932. The van der Waals surface area contributed by atoms with E-state index in [1.54, 1.807) is 22.9 Å². The third-order valence-corrected chi connectivity index (χ3v) is 6.76. The fourth-order valence-corrected chi connectivity index (χ4v) is 5.12. The van der Waals surface area contributed by atoms with Crippen LogP contribution in [0.4, 0.5) is 0 Å². The van der Waals surface area contributed by atoms with Crippen molar-refractivity contribution in [2.24, 2.45) is 0 Å². The molecule has 0 bridgehead atoms. The third kappa shape index (κ3) is 2.73. The highest BCUT2D eigenvalue weighted by Gasteiger charge is 2.26. The summed E-state index contributed by atoms with van der Waals surface area (Å²) in [6.45, 7) is 0. The molecule has 0 aliphatic heterocycles. The van der Waals surface area contributed by atoms with Gasteiger partial charge in [0, 0.05) is 17.3 Å². The van der Waals surface area contributed by atoms with Crippen LogP contribution < -0.4 is 5.46 Å². The van der Waals surface area contributed by atoms with Crippen LogP contribution in [0.15, 0.2) is 79.0 Å². The van der Waals surface area contributed by atoms with Crippen LogP contribution in [0.1, 0.15) is 0 Å². The van der Waals surface area contributed by atoms with Crippen LogP contribution in [0, 0.1) is 0 Å². The summed E-state index contributed by atoms with van der Waals surface area (Å²) in [5, 5.41) is 42.6. The number of phenolic OH excluding ortho intramolecular Hbond substituents is 4. The molecule has 0 spiro atoms. The van der Waals surface area contributed by atoms with Crippen molar-refractivity contribution in [3.8, 4) is 34.4 Å². The molecule has 7 rings (SSSR count).